The Labute approximate surface area is 376 Å². The fourth-order valence-electron chi connectivity index (χ4n) is 10.1. The molecule has 0 saturated carbocycles. The standard InChI is InChI=1S/C62H40N2O/c1-2-16-41(17-3-1)43-19-14-21-47(37-43)63(48-22-15-20-44(38-48)45-34-35-51-46(36-45)33-32-42-18-4-5-23-50(42)51)49-39-56(62-57(40-49)55-27-9-13-31-61(55)65-62)54-26-8-12-30-60(54)64-58-28-10-6-24-52(58)53-25-7-11-29-59(53)64/h1-40H. The van der Waals surface area contributed by atoms with Crippen LogP contribution in [0.5, 0.6) is 0 Å². The third-order valence-corrected chi connectivity index (χ3v) is 13.1. The van der Waals surface area contributed by atoms with Gasteiger partial charge in [-0.3, -0.25) is 0 Å². The van der Waals surface area contributed by atoms with Crippen LogP contribution in [0, 0.1) is 0 Å². The molecule has 0 atom stereocenters. The van der Waals surface area contributed by atoms with Gasteiger partial charge < -0.3 is 13.9 Å². The van der Waals surface area contributed by atoms with E-state index in [2.05, 4.69) is 252 Å². The Balaban J connectivity index is 1.06. The summed E-state index contributed by atoms with van der Waals surface area (Å²) in [5.41, 5.74) is 15.0. The minimum atomic E-state index is 0.860. The van der Waals surface area contributed by atoms with Gasteiger partial charge in [-0.1, -0.05) is 176 Å². The highest BCUT2D eigenvalue weighted by Gasteiger charge is 2.23. The van der Waals surface area contributed by atoms with Crippen LogP contribution in [-0.4, -0.2) is 4.57 Å². The lowest BCUT2D eigenvalue weighted by atomic mass is 9.96. The van der Waals surface area contributed by atoms with Crippen molar-refractivity contribution in [3.8, 4) is 39.1 Å². The molecule has 0 unspecified atom stereocenters. The maximum absolute atomic E-state index is 6.92. The zero-order valence-corrected chi connectivity index (χ0v) is 35.4. The highest BCUT2D eigenvalue weighted by Crippen LogP contribution is 2.46. The van der Waals surface area contributed by atoms with Crippen molar-refractivity contribution >= 4 is 82.4 Å². The first-order chi connectivity index (χ1) is 32.2. The molecule has 304 valence electrons. The average Bonchev–Trinajstić information content (AvgIpc) is 3.92. The normalized spacial score (nSPS) is 11.7. The van der Waals surface area contributed by atoms with Gasteiger partial charge in [0.15, 0.2) is 0 Å². The molecular weight excluding hydrogens is 789 g/mol. The van der Waals surface area contributed by atoms with Gasteiger partial charge >= 0.3 is 0 Å². The maximum Gasteiger partial charge on any atom is 0.143 e. The van der Waals surface area contributed by atoms with Gasteiger partial charge in [-0.25, -0.2) is 0 Å². The lowest BCUT2D eigenvalue weighted by Crippen LogP contribution is -2.10. The van der Waals surface area contributed by atoms with Gasteiger partial charge in [0.2, 0.25) is 0 Å². The summed E-state index contributed by atoms with van der Waals surface area (Å²) in [6.07, 6.45) is 0. The van der Waals surface area contributed by atoms with Gasteiger partial charge in [-0.2, -0.15) is 0 Å². The Bertz CT molecular complexity index is 3920. The third-order valence-electron chi connectivity index (χ3n) is 13.1. The summed E-state index contributed by atoms with van der Waals surface area (Å²) in [6.45, 7) is 0. The van der Waals surface area contributed by atoms with Crippen molar-refractivity contribution in [1.29, 1.82) is 0 Å². The molecule has 3 nitrogen and oxygen atoms in total. The van der Waals surface area contributed by atoms with Crippen LogP contribution >= 0.6 is 0 Å². The smallest absolute Gasteiger partial charge is 0.143 e. The molecule has 0 aliphatic heterocycles. The first-order valence-corrected chi connectivity index (χ1v) is 22.2. The van der Waals surface area contributed by atoms with Crippen molar-refractivity contribution in [3.63, 3.8) is 0 Å². The zero-order chi connectivity index (χ0) is 42.8. The first kappa shape index (κ1) is 36.9. The summed E-state index contributed by atoms with van der Waals surface area (Å²) >= 11 is 0. The molecule has 3 heteroatoms. The predicted molar refractivity (Wildman–Crippen MR) is 274 cm³/mol. The molecule has 11 aromatic carbocycles. The van der Waals surface area contributed by atoms with E-state index < -0.39 is 0 Å². The Morgan fingerprint density at radius 3 is 1.65 bits per heavy atom. The summed E-state index contributed by atoms with van der Waals surface area (Å²) < 4.78 is 9.33. The van der Waals surface area contributed by atoms with Gasteiger partial charge in [0.25, 0.3) is 0 Å². The SMILES string of the molecule is c1ccc(-c2cccc(N(c3cccc(-c4ccc5c(ccc6ccccc65)c4)c3)c3cc(-c4ccccc4-n4c5ccccc5c5ccccc54)c4oc5ccccc5c4c3)c2)cc1. The number of fused-ring (bicyclic) bond motifs is 9. The lowest BCUT2D eigenvalue weighted by Gasteiger charge is -2.27. The van der Waals surface area contributed by atoms with E-state index in [0.29, 0.717) is 0 Å². The van der Waals surface area contributed by atoms with Crippen LogP contribution in [0.2, 0.25) is 0 Å². The van der Waals surface area contributed by atoms with E-state index in [0.717, 1.165) is 78.0 Å². The highest BCUT2D eigenvalue weighted by molar-refractivity contribution is 6.14. The fourth-order valence-corrected chi connectivity index (χ4v) is 10.1. The van der Waals surface area contributed by atoms with Gasteiger partial charge in [-0.15, -0.1) is 0 Å². The first-order valence-electron chi connectivity index (χ1n) is 22.2. The fraction of sp³-hybridized carbons (Fsp3) is 0. The van der Waals surface area contributed by atoms with Crippen LogP contribution in [0.15, 0.2) is 247 Å². The number of nitrogens with zero attached hydrogens (tertiary/aromatic N) is 2. The van der Waals surface area contributed by atoms with Gasteiger partial charge in [0, 0.05) is 49.7 Å². The number of benzene rings is 11. The minimum absolute atomic E-state index is 0.860. The van der Waals surface area contributed by atoms with Gasteiger partial charge in [-0.05, 0) is 111 Å². The molecule has 65 heavy (non-hydrogen) atoms. The number of hydrogen-bond donors (Lipinski definition) is 0. The van der Waals surface area contributed by atoms with Crippen LogP contribution in [-0.2, 0) is 0 Å². The largest absolute Gasteiger partial charge is 0.455 e. The summed E-state index contributed by atoms with van der Waals surface area (Å²) in [6, 6.07) is 87.8. The molecular formula is C62H40N2O. The van der Waals surface area contributed by atoms with Crippen LogP contribution in [0.25, 0.3) is 104 Å². The Morgan fingerprint density at radius 1 is 0.308 bits per heavy atom. The molecule has 2 aromatic heterocycles. The van der Waals surface area contributed by atoms with Crippen molar-refractivity contribution in [2.45, 2.75) is 0 Å². The quantitative estimate of drug-likeness (QED) is 0.149. The molecule has 0 bridgehead atoms. The van der Waals surface area contributed by atoms with Crippen LogP contribution in [0.3, 0.4) is 0 Å². The molecule has 13 rings (SSSR count). The summed E-state index contributed by atoms with van der Waals surface area (Å²) in [7, 11) is 0. The molecule has 2 heterocycles. The second-order valence-electron chi connectivity index (χ2n) is 16.9. The van der Waals surface area contributed by atoms with Crippen molar-refractivity contribution < 1.29 is 4.42 Å². The number of aromatic nitrogens is 1. The summed E-state index contributed by atoms with van der Waals surface area (Å²) in [5.74, 6) is 0. The zero-order valence-electron chi connectivity index (χ0n) is 35.4. The molecule has 13 aromatic rings. The lowest BCUT2D eigenvalue weighted by molar-refractivity contribution is 0.670. The molecule has 0 saturated heterocycles. The number of anilines is 3. The monoisotopic (exact) mass is 828 g/mol. The number of furan rings is 1. The molecule has 0 aliphatic rings. The average molecular weight is 829 g/mol. The highest BCUT2D eigenvalue weighted by atomic mass is 16.3. The van der Waals surface area contributed by atoms with E-state index in [4.69, 9.17) is 4.42 Å². The Kier molecular flexibility index (Phi) is 8.53. The maximum atomic E-state index is 6.92. The second-order valence-corrected chi connectivity index (χ2v) is 16.9. The summed E-state index contributed by atoms with van der Waals surface area (Å²) in [4.78, 5) is 2.41. The van der Waals surface area contributed by atoms with Gasteiger partial charge in [0.05, 0.1) is 16.7 Å². The number of rotatable bonds is 7. The number of hydrogen-bond acceptors (Lipinski definition) is 2. The van der Waals surface area contributed by atoms with Crippen molar-refractivity contribution in [2.24, 2.45) is 0 Å². The topological polar surface area (TPSA) is 21.3 Å². The van der Waals surface area contributed by atoms with E-state index >= 15 is 0 Å². The molecule has 0 spiro atoms. The molecule has 0 amide bonds. The van der Waals surface area contributed by atoms with Gasteiger partial charge in [0.1, 0.15) is 11.2 Å². The van der Waals surface area contributed by atoms with Crippen molar-refractivity contribution in [2.75, 3.05) is 4.90 Å². The van der Waals surface area contributed by atoms with E-state index in [1.807, 2.05) is 0 Å². The van der Waals surface area contributed by atoms with E-state index in [1.165, 1.54) is 43.4 Å². The predicted octanol–water partition coefficient (Wildman–Crippen LogP) is 17.5. The van der Waals surface area contributed by atoms with Crippen LogP contribution in [0.1, 0.15) is 0 Å². The van der Waals surface area contributed by atoms with E-state index in [1.54, 1.807) is 0 Å². The van der Waals surface area contributed by atoms with Crippen molar-refractivity contribution in [1.82, 2.24) is 4.57 Å². The Hall–Kier alpha value is -8.66. The Morgan fingerprint density at radius 2 is 0.877 bits per heavy atom. The van der Waals surface area contributed by atoms with Crippen molar-refractivity contribution in [3.05, 3.63) is 243 Å². The third kappa shape index (κ3) is 6.12. The summed E-state index contributed by atoms with van der Waals surface area (Å²) in [5, 5.41) is 9.60. The van der Waals surface area contributed by atoms with E-state index in [9.17, 15) is 0 Å². The second kappa shape index (κ2) is 15.0. The molecule has 0 N–H and O–H groups in total. The van der Waals surface area contributed by atoms with Crippen LogP contribution < -0.4 is 4.90 Å². The number of para-hydroxylation sites is 4. The molecule has 0 aliphatic carbocycles. The molecule has 0 fully saturated rings. The molecule has 0 radical (unpaired) electrons. The minimum Gasteiger partial charge on any atom is -0.455 e. The van der Waals surface area contributed by atoms with Crippen LogP contribution in [0.4, 0.5) is 17.1 Å². The van der Waals surface area contributed by atoms with E-state index in [-0.39, 0.29) is 0 Å².